The molecule has 0 aromatic rings. The first-order chi connectivity index (χ1) is 7.77. The van der Waals surface area contributed by atoms with Crippen molar-refractivity contribution in [2.75, 3.05) is 26.2 Å². The van der Waals surface area contributed by atoms with Crippen molar-refractivity contribution >= 4 is 6.03 Å². The Hall–Kier alpha value is -0.770. The van der Waals surface area contributed by atoms with E-state index in [1.54, 1.807) is 0 Å². The highest BCUT2D eigenvalue weighted by Gasteiger charge is 2.22. The molecule has 1 saturated carbocycles. The second-order valence-corrected chi connectivity index (χ2v) is 5.04. The molecule has 4 heteroatoms. The lowest BCUT2D eigenvalue weighted by atomic mass is 9.86. The maximum absolute atomic E-state index is 11.3. The van der Waals surface area contributed by atoms with Gasteiger partial charge in [-0.3, -0.25) is 0 Å². The van der Waals surface area contributed by atoms with Crippen LogP contribution in [0.2, 0.25) is 0 Å². The summed E-state index contributed by atoms with van der Waals surface area (Å²) < 4.78 is 0. The third kappa shape index (κ3) is 2.88. The summed E-state index contributed by atoms with van der Waals surface area (Å²) in [4.78, 5) is 13.2. The molecule has 1 heterocycles. The van der Waals surface area contributed by atoms with Crippen LogP contribution in [0.25, 0.3) is 0 Å². The lowest BCUT2D eigenvalue weighted by Gasteiger charge is -2.30. The van der Waals surface area contributed by atoms with Crippen LogP contribution in [0.15, 0.2) is 0 Å². The van der Waals surface area contributed by atoms with Crippen LogP contribution in [-0.4, -0.2) is 43.2 Å². The molecule has 0 spiro atoms. The van der Waals surface area contributed by atoms with Crippen LogP contribution in [0, 0.1) is 5.92 Å². The van der Waals surface area contributed by atoms with E-state index in [0.29, 0.717) is 6.04 Å². The third-order valence-corrected chi connectivity index (χ3v) is 3.84. The fourth-order valence-corrected chi connectivity index (χ4v) is 2.73. The van der Waals surface area contributed by atoms with Crippen LogP contribution in [0.1, 0.15) is 32.6 Å². The summed E-state index contributed by atoms with van der Waals surface area (Å²) >= 11 is 0. The Bertz CT molecular complexity index is 244. The first-order valence-electron chi connectivity index (χ1n) is 6.53. The highest BCUT2D eigenvalue weighted by molar-refractivity contribution is 5.76. The summed E-state index contributed by atoms with van der Waals surface area (Å²) in [5.74, 6) is 0.793. The summed E-state index contributed by atoms with van der Waals surface area (Å²) in [5.41, 5.74) is 0. The fourth-order valence-electron chi connectivity index (χ4n) is 2.73. The monoisotopic (exact) mass is 225 g/mol. The summed E-state index contributed by atoms with van der Waals surface area (Å²) in [5, 5.41) is 6.42. The van der Waals surface area contributed by atoms with Crippen LogP contribution >= 0.6 is 0 Å². The Morgan fingerprint density at radius 2 is 2.25 bits per heavy atom. The minimum atomic E-state index is 0.0958. The molecule has 2 aliphatic rings. The van der Waals surface area contributed by atoms with Gasteiger partial charge in [0.05, 0.1) is 0 Å². The molecule has 4 nitrogen and oxygen atoms in total. The van der Waals surface area contributed by atoms with Gasteiger partial charge < -0.3 is 15.5 Å². The molecule has 0 bridgehead atoms. The normalized spacial score (nSPS) is 30.6. The number of urea groups is 1. The smallest absolute Gasteiger partial charge is 0.317 e. The van der Waals surface area contributed by atoms with Crippen molar-refractivity contribution in [2.45, 2.75) is 38.6 Å². The van der Waals surface area contributed by atoms with E-state index < -0.39 is 0 Å². The summed E-state index contributed by atoms with van der Waals surface area (Å²) in [6, 6.07) is 0.762. The topological polar surface area (TPSA) is 44.4 Å². The van der Waals surface area contributed by atoms with Crippen LogP contribution in [0.4, 0.5) is 4.79 Å². The third-order valence-electron chi connectivity index (χ3n) is 3.84. The van der Waals surface area contributed by atoms with Crippen molar-refractivity contribution in [3.63, 3.8) is 0 Å². The minimum absolute atomic E-state index is 0.0958. The average Bonchev–Trinajstić information content (AvgIpc) is 2.67. The van der Waals surface area contributed by atoms with Gasteiger partial charge in [-0.25, -0.2) is 4.79 Å². The molecule has 2 atom stereocenters. The van der Waals surface area contributed by atoms with Crippen molar-refractivity contribution < 1.29 is 4.79 Å². The van der Waals surface area contributed by atoms with Gasteiger partial charge in [-0.1, -0.05) is 19.8 Å². The van der Waals surface area contributed by atoms with E-state index >= 15 is 0 Å². The molecule has 0 radical (unpaired) electrons. The van der Waals surface area contributed by atoms with E-state index in [4.69, 9.17) is 0 Å². The number of nitrogens with one attached hydrogen (secondary N) is 2. The average molecular weight is 225 g/mol. The van der Waals surface area contributed by atoms with Gasteiger partial charge in [-0.05, 0) is 18.8 Å². The van der Waals surface area contributed by atoms with E-state index in [9.17, 15) is 4.79 Å². The number of carbonyl (C=O) groups is 1. The van der Waals surface area contributed by atoms with Crippen molar-refractivity contribution in [3.05, 3.63) is 0 Å². The molecule has 2 unspecified atom stereocenters. The lowest BCUT2D eigenvalue weighted by Crippen LogP contribution is -2.42. The molecule has 2 fully saturated rings. The number of nitrogens with zero attached hydrogens (tertiary/aromatic N) is 1. The molecular formula is C12H23N3O. The SMILES string of the molecule is CC1CCCCC1NCCN1CCNC1=O. The molecule has 2 N–H and O–H groups in total. The van der Waals surface area contributed by atoms with Crippen molar-refractivity contribution in [1.29, 1.82) is 0 Å². The van der Waals surface area contributed by atoms with Crippen molar-refractivity contribution in [3.8, 4) is 0 Å². The Morgan fingerprint density at radius 1 is 1.44 bits per heavy atom. The fraction of sp³-hybridized carbons (Fsp3) is 0.917. The van der Waals surface area contributed by atoms with Crippen LogP contribution < -0.4 is 10.6 Å². The summed E-state index contributed by atoms with van der Waals surface area (Å²) in [6.07, 6.45) is 5.38. The number of hydrogen-bond donors (Lipinski definition) is 2. The first-order valence-corrected chi connectivity index (χ1v) is 6.53. The van der Waals surface area contributed by atoms with Crippen molar-refractivity contribution in [1.82, 2.24) is 15.5 Å². The van der Waals surface area contributed by atoms with E-state index in [1.165, 1.54) is 25.7 Å². The number of amides is 2. The largest absolute Gasteiger partial charge is 0.336 e. The van der Waals surface area contributed by atoms with Crippen LogP contribution in [0.5, 0.6) is 0 Å². The van der Waals surface area contributed by atoms with Gasteiger partial charge in [0.2, 0.25) is 0 Å². The lowest BCUT2D eigenvalue weighted by molar-refractivity contribution is 0.214. The minimum Gasteiger partial charge on any atom is -0.336 e. The molecule has 1 aliphatic heterocycles. The Kier molecular flexibility index (Phi) is 4.04. The van der Waals surface area contributed by atoms with E-state index in [0.717, 1.165) is 32.1 Å². The van der Waals surface area contributed by atoms with Crippen LogP contribution in [-0.2, 0) is 0 Å². The zero-order chi connectivity index (χ0) is 11.4. The van der Waals surface area contributed by atoms with Gasteiger partial charge in [0, 0.05) is 32.2 Å². The maximum Gasteiger partial charge on any atom is 0.317 e. The molecule has 2 rings (SSSR count). The standard InChI is InChI=1S/C12H23N3O/c1-10-4-2-3-5-11(10)13-6-8-15-9-7-14-12(15)16/h10-11,13H,2-9H2,1H3,(H,14,16). The van der Waals surface area contributed by atoms with Crippen molar-refractivity contribution in [2.24, 2.45) is 5.92 Å². The molecular weight excluding hydrogens is 202 g/mol. The Labute approximate surface area is 97.8 Å². The van der Waals surface area contributed by atoms with E-state index in [1.807, 2.05) is 4.90 Å². The second kappa shape index (κ2) is 5.53. The Morgan fingerprint density at radius 3 is 2.94 bits per heavy atom. The van der Waals surface area contributed by atoms with E-state index in [-0.39, 0.29) is 6.03 Å². The zero-order valence-corrected chi connectivity index (χ0v) is 10.2. The number of hydrogen-bond acceptors (Lipinski definition) is 2. The number of carbonyl (C=O) groups excluding carboxylic acids is 1. The quantitative estimate of drug-likeness (QED) is 0.754. The van der Waals surface area contributed by atoms with E-state index in [2.05, 4.69) is 17.6 Å². The number of rotatable bonds is 4. The molecule has 1 saturated heterocycles. The summed E-state index contributed by atoms with van der Waals surface area (Å²) in [6.45, 7) is 5.77. The van der Waals surface area contributed by atoms with Gasteiger partial charge in [0.1, 0.15) is 0 Å². The first kappa shape index (κ1) is 11.7. The van der Waals surface area contributed by atoms with Gasteiger partial charge in [0.15, 0.2) is 0 Å². The zero-order valence-electron chi connectivity index (χ0n) is 10.2. The molecule has 92 valence electrons. The highest BCUT2D eigenvalue weighted by atomic mass is 16.2. The highest BCUT2D eigenvalue weighted by Crippen LogP contribution is 2.23. The maximum atomic E-state index is 11.3. The summed E-state index contributed by atoms with van der Waals surface area (Å²) in [7, 11) is 0. The molecule has 0 aromatic heterocycles. The molecule has 1 aliphatic carbocycles. The predicted molar refractivity (Wildman–Crippen MR) is 64.4 cm³/mol. The predicted octanol–water partition coefficient (Wildman–Crippen LogP) is 1.18. The van der Waals surface area contributed by atoms with Gasteiger partial charge in [-0.2, -0.15) is 0 Å². The Balaban J connectivity index is 1.65. The molecule has 0 aromatic carbocycles. The molecule has 16 heavy (non-hydrogen) atoms. The van der Waals surface area contributed by atoms with Gasteiger partial charge >= 0.3 is 6.03 Å². The van der Waals surface area contributed by atoms with Gasteiger partial charge in [0.25, 0.3) is 0 Å². The molecule has 2 amide bonds. The van der Waals surface area contributed by atoms with Gasteiger partial charge in [-0.15, -0.1) is 0 Å². The second-order valence-electron chi connectivity index (χ2n) is 5.04. The van der Waals surface area contributed by atoms with Crippen LogP contribution in [0.3, 0.4) is 0 Å².